The number of rotatable bonds is 4. The van der Waals surface area contributed by atoms with E-state index in [9.17, 15) is 0 Å². The fourth-order valence-electron chi connectivity index (χ4n) is 4.98. The molecule has 32 heavy (non-hydrogen) atoms. The van der Waals surface area contributed by atoms with Gasteiger partial charge in [-0.3, -0.25) is 13.9 Å². The number of fused-ring (bicyclic) bond motifs is 3. The highest BCUT2D eigenvalue weighted by Crippen LogP contribution is 2.41. The molecule has 162 valence electrons. The van der Waals surface area contributed by atoms with Crippen molar-refractivity contribution in [2.24, 2.45) is 0 Å². The van der Waals surface area contributed by atoms with Crippen LogP contribution in [-0.2, 0) is 0 Å². The summed E-state index contributed by atoms with van der Waals surface area (Å²) >= 11 is 1.27. The zero-order valence-electron chi connectivity index (χ0n) is 17.4. The first-order valence-electron chi connectivity index (χ1n) is 10.6. The lowest BCUT2D eigenvalue weighted by Crippen LogP contribution is -2.68. The van der Waals surface area contributed by atoms with E-state index in [0.717, 1.165) is 41.7 Å². The van der Waals surface area contributed by atoms with Crippen molar-refractivity contribution in [3.63, 3.8) is 0 Å². The molecule has 5 nitrogen and oxygen atoms in total. The van der Waals surface area contributed by atoms with Gasteiger partial charge in [0.2, 0.25) is 0 Å². The number of anilines is 1. The zero-order chi connectivity index (χ0) is 21.8. The van der Waals surface area contributed by atoms with E-state index in [-0.39, 0.29) is 17.8 Å². The Morgan fingerprint density at radius 2 is 1.81 bits per heavy atom. The molecule has 3 saturated heterocycles. The van der Waals surface area contributed by atoms with Crippen LogP contribution in [0, 0.1) is 11.6 Å². The highest BCUT2D eigenvalue weighted by atomic mass is 32.2. The lowest BCUT2D eigenvalue weighted by atomic mass is 9.87. The van der Waals surface area contributed by atoms with Crippen molar-refractivity contribution in [3.8, 4) is 11.3 Å². The van der Waals surface area contributed by atoms with Crippen molar-refractivity contribution in [2.45, 2.75) is 23.4 Å². The average molecular weight is 450 g/mol. The molecular formula is C24H21F2N5S. The predicted molar refractivity (Wildman–Crippen MR) is 123 cm³/mol. The number of nitrogens with zero attached hydrogens (tertiary/aromatic N) is 5. The molecule has 6 heterocycles. The van der Waals surface area contributed by atoms with Crippen molar-refractivity contribution >= 4 is 28.5 Å². The molecule has 0 aliphatic carbocycles. The van der Waals surface area contributed by atoms with E-state index in [1.54, 1.807) is 18.6 Å². The maximum Gasteiger partial charge on any atom is 0.150 e. The van der Waals surface area contributed by atoms with Crippen LogP contribution in [0.25, 0.3) is 22.2 Å². The van der Waals surface area contributed by atoms with Gasteiger partial charge in [0.25, 0.3) is 0 Å². The molecule has 4 aromatic rings. The molecule has 0 radical (unpaired) electrons. The van der Waals surface area contributed by atoms with Gasteiger partial charge < -0.3 is 9.80 Å². The van der Waals surface area contributed by atoms with Gasteiger partial charge in [-0.25, -0.2) is 8.78 Å². The van der Waals surface area contributed by atoms with Gasteiger partial charge in [-0.1, -0.05) is 6.07 Å². The van der Waals surface area contributed by atoms with E-state index >= 15 is 8.78 Å². The van der Waals surface area contributed by atoms with E-state index in [4.69, 9.17) is 0 Å². The van der Waals surface area contributed by atoms with Crippen LogP contribution < -0.4 is 4.90 Å². The highest BCUT2D eigenvalue weighted by Gasteiger charge is 2.45. The molecule has 7 rings (SSSR count). The Hall–Kier alpha value is -2.97. The number of aromatic nitrogens is 3. The van der Waals surface area contributed by atoms with Crippen molar-refractivity contribution in [2.75, 3.05) is 25.0 Å². The van der Waals surface area contributed by atoms with Crippen molar-refractivity contribution < 1.29 is 8.78 Å². The van der Waals surface area contributed by atoms with Gasteiger partial charge in [-0.05, 0) is 55.7 Å². The van der Waals surface area contributed by atoms with Gasteiger partial charge in [0.05, 0.1) is 17.4 Å². The third kappa shape index (κ3) is 3.17. The molecule has 1 aromatic carbocycles. The standard InChI is InChI=1S/C24H21F2N5S/c1-29-13-15-8-16(14-29)31(15)24-20(25)9-17(10-21(24)26)32-30-7-5-18-19(11-27-12-23(18)30)22-4-2-3-6-28-22/h2-7,9-12,15-16H,8,13-14H2,1H3. The molecule has 0 amide bonds. The third-order valence-electron chi connectivity index (χ3n) is 6.35. The summed E-state index contributed by atoms with van der Waals surface area (Å²) in [6, 6.07) is 11.0. The van der Waals surface area contributed by atoms with Crippen LogP contribution in [0.4, 0.5) is 14.5 Å². The summed E-state index contributed by atoms with van der Waals surface area (Å²) in [6.07, 6.45) is 8.18. The van der Waals surface area contributed by atoms with Crippen molar-refractivity contribution in [3.05, 3.63) is 72.8 Å². The molecule has 3 aliphatic rings. The summed E-state index contributed by atoms with van der Waals surface area (Å²) in [7, 11) is 2.05. The first-order chi connectivity index (χ1) is 15.6. The quantitative estimate of drug-likeness (QED) is 0.446. The molecule has 0 saturated carbocycles. The van der Waals surface area contributed by atoms with Crippen LogP contribution in [-0.4, -0.2) is 51.1 Å². The van der Waals surface area contributed by atoms with Crippen LogP contribution in [0.15, 0.2) is 66.1 Å². The molecule has 2 unspecified atom stereocenters. The Labute approximate surface area is 188 Å². The SMILES string of the molecule is CN1CC2CC(C1)N2c1c(F)cc(Sn2ccc3c(-c4ccccn4)cncc32)cc1F. The first-order valence-corrected chi connectivity index (χ1v) is 11.4. The van der Waals surface area contributed by atoms with Crippen molar-refractivity contribution in [1.82, 2.24) is 18.8 Å². The maximum atomic E-state index is 15.1. The summed E-state index contributed by atoms with van der Waals surface area (Å²) < 4.78 is 32.0. The number of benzene rings is 1. The third-order valence-corrected chi connectivity index (χ3v) is 7.31. The van der Waals surface area contributed by atoms with Gasteiger partial charge in [0, 0.05) is 59.6 Å². The molecule has 3 fully saturated rings. The Balaban J connectivity index is 1.32. The lowest BCUT2D eigenvalue weighted by molar-refractivity contribution is 0.137. The topological polar surface area (TPSA) is 37.2 Å². The molecule has 3 aromatic heterocycles. The Kier molecular flexibility index (Phi) is 4.66. The van der Waals surface area contributed by atoms with Crippen LogP contribution in [0.2, 0.25) is 0 Å². The van der Waals surface area contributed by atoms with E-state index in [0.29, 0.717) is 4.90 Å². The van der Waals surface area contributed by atoms with Gasteiger partial charge >= 0.3 is 0 Å². The fourth-order valence-corrected chi connectivity index (χ4v) is 5.88. The second-order valence-corrected chi connectivity index (χ2v) is 9.52. The molecule has 0 N–H and O–H groups in total. The normalized spacial score (nSPS) is 20.5. The smallest absolute Gasteiger partial charge is 0.150 e. The van der Waals surface area contributed by atoms with Gasteiger partial charge in [0.15, 0.2) is 11.6 Å². The van der Waals surface area contributed by atoms with Gasteiger partial charge in [0.1, 0.15) is 5.69 Å². The van der Waals surface area contributed by atoms with E-state index in [1.807, 2.05) is 39.3 Å². The minimum Gasteiger partial charge on any atom is -0.358 e. The molecule has 8 heteroatoms. The summed E-state index contributed by atoms with van der Waals surface area (Å²) in [6.45, 7) is 1.68. The summed E-state index contributed by atoms with van der Waals surface area (Å²) in [5.41, 5.74) is 2.73. The van der Waals surface area contributed by atoms with Crippen LogP contribution >= 0.6 is 11.9 Å². The van der Waals surface area contributed by atoms with Gasteiger partial charge in [-0.2, -0.15) is 0 Å². The number of hydrogen-bond donors (Lipinski definition) is 0. The zero-order valence-corrected chi connectivity index (χ0v) is 18.3. The average Bonchev–Trinajstić information content (AvgIpc) is 3.19. The second-order valence-electron chi connectivity index (χ2n) is 8.48. The summed E-state index contributed by atoms with van der Waals surface area (Å²) in [4.78, 5) is 13.4. The lowest BCUT2D eigenvalue weighted by Gasteiger charge is -2.57. The van der Waals surface area contributed by atoms with E-state index < -0.39 is 11.6 Å². The molecule has 2 bridgehead atoms. The highest BCUT2D eigenvalue weighted by molar-refractivity contribution is 7.98. The van der Waals surface area contributed by atoms with Crippen LogP contribution in [0.1, 0.15) is 6.42 Å². The van der Waals surface area contributed by atoms with Crippen LogP contribution in [0.3, 0.4) is 0 Å². The number of piperidine rings is 1. The van der Waals surface area contributed by atoms with Crippen LogP contribution in [0.5, 0.6) is 0 Å². The molecule has 3 aliphatic heterocycles. The number of halogens is 2. The number of hydrogen-bond acceptors (Lipinski definition) is 5. The van der Waals surface area contributed by atoms with Gasteiger partial charge in [-0.15, -0.1) is 0 Å². The first kappa shape index (κ1) is 19.7. The Bertz CT molecular complexity index is 1270. The minimum atomic E-state index is -0.504. The monoisotopic (exact) mass is 449 g/mol. The number of likely N-dealkylation sites (N-methyl/N-ethyl adjacent to an activating group) is 1. The number of piperazine rings is 1. The maximum absolute atomic E-state index is 15.1. The summed E-state index contributed by atoms with van der Waals surface area (Å²) in [5, 5.41) is 0.987. The molecule has 2 atom stereocenters. The Morgan fingerprint density at radius 1 is 1.03 bits per heavy atom. The predicted octanol–water partition coefficient (Wildman–Crippen LogP) is 4.82. The molecule has 0 spiro atoms. The fraction of sp³-hybridized carbons (Fsp3) is 0.250. The van der Waals surface area contributed by atoms with E-state index in [2.05, 4.69) is 21.9 Å². The van der Waals surface area contributed by atoms with E-state index in [1.165, 1.54) is 24.1 Å². The second kappa shape index (κ2) is 7.56. The summed E-state index contributed by atoms with van der Waals surface area (Å²) in [5.74, 6) is -1.01. The number of pyridine rings is 2. The Morgan fingerprint density at radius 3 is 2.53 bits per heavy atom. The molecular weight excluding hydrogens is 428 g/mol. The minimum absolute atomic E-state index is 0.111. The largest absolute Gasteiger partial charge is 0.358 e. The van der Waals surface area contributed by atoms with Crippen molar-refractivity contribution in [1.29, 1.82) is 0 Å².